The van der Waals surface area contributed by atoms with Crippen molar-refractivity contribution < 1.29 is 9.34 Å². The van der Waals surface area contributed by atoms with Gasteiger partial charge in [0.1, 0.15) is 22.7 Å². The lowest BCUT2D eigenvalue weighted by molar-refractivity contribution is -0.384. The lowest BCUT2D eigenvalue weighted by Crippen LogP contribution is -2.17. The zero-order chi connectivity index (χ0) is 20.7. The van der Waals surface area contributed by atoms with Gasteiger partial charge in [0.15, 0.2) is 0 Å². The number of thiophene rings is 1. The number of aryl methyl sites for hydroxylation is 2. The highest BCUT2D eigenvalue weighted by Crippen LogP contribution is 2.33. The molecule has 0 atom stereocenters. The minimum atomic E-state index is -0.451. The first-order chi connectivity index (χ1) is 14.6. The molecule has 0 spiro atoms. The quantitative estimate of drug-likeness (QED) is 0.277. The summed E-state index contributed by atoms with van der Waals surface area (Å²) >= 11 is 1.60. The summed E-state index contributed by atoms with van der Waals surface area (Å²) < 4.78 is 6.95. The number of hydrogen-bond acceptors (Lipinski definition) is 7. The molecular formula is C21H16N4O4S. The third-order valence-electron chi connectivity index (χ3n) is 5.14. The number of rotatable bonds is 4. The van der Waals surface area contributed by atoms with Crippen LogP contribution >= 0.6 is 11.3 Å². The summed E-state index contributed by atoms with van der Waals surface area (Å²) in [6, 6.07) is 9.61. The van der Waals surface area contributed by atoms with E-state index in [2.05, 4.69) is 10.1 Å². The zero-order valence-corrected chi connectivity index (χ0v) is 16.6. The van der Waals surface area contributed by atoms with Gasteiger partial charge in [-0.15, -0.1) is 11.3 Å². The molecule has 9 heteroatoms. The fourth-order valence-corrected chi connectivity index (χ4v) is 4.91. The Morgan fingerprint density at radius 2 is 2.10 bits per heavy atom. The molecule has 8 nitrogen and oxygen atoms in total. The molecule has 0 radical (unpaired) electrons. The SMILES string of the molecule is O=c1c2c3c(sc2ncn1/N=C\c1ccc(-c2cccc([N+](=O)[O-])c2)o1)CCCC3. The van der Waals surface area contributed by atoms with Gasteiger partial charge < -0.3 is 4.42 Å². The second-order valence-electron chi connectivity index (χ2n) is 7.04. The lowest BCUT2D eigenvalue weighted by Gasteiger charge is -2.09. The van der Waals surface area contributed by atoms with Gasteiger partial charge in [-0.1, -0.05) is 12.1 Å². The number of benzene rings is 1. The molecule has 0 unspecified atom stereocenters. The summed E-state index contributed by atoms with van der Waals surface area (Å²) in [7, 11) is 0. The Bertz CT molecular complexity index is 1370. The number of fused-ring (bicyclic) bond motifs is 3. The van der Waals surface area contributed by atoms with Crippen LogP contribution in [0.3, 0.4) is 0 Å². The predicted molar refractivity (Wildman–Crippen MR) is 114 cm³/mol. The number of non-ortho nitro benzene ring substituents is 1. The fourth-order valence-electron chi connectivity index (χ4n) is 3.69. The Hall–Kier alpha value is -3.59. The van der Waals surface area contributed by atoms with Crippen molar-refractivity contribution in [2.45, 2.75) is 25.7 Å². The standard InChI is InChI=1S/C21H16N4O4S/c26-21-19-16-6-1-2-7-18(16)30-20(19)22-12-24(21)23-11-15-8-9-17(29-15)13-4-3-5-14(10-13)25(27)28/h3-5,8-12H,1-2,6-7H2/b23-11-. The van der Waals surface area contributed by atoms with Crippen molar-refractivity contribution in [3.63, 3.8) is 0 Å². The second kappa shape index (κ2) is 7.34. The summed E-state index contributed by atoms with van der Waals surface area (Å²) in [6.45, 7) is 0. The zero-order valence-electron chi connectivity index (χ0n) is 15.8. The normalized spacial score (nSPS) is 13.7. The van der Waals surface area contributed by atoms with Gasteiger partial charge in [0.05, 0.1) is 16.5 Å². The number of furan rings is 1. The van der Waals surface area contributed by atoms with E-state index in [9.17, 15) is 14.9 Å². The van der Waals surface area contributed by atoms with Crippen molar-refractivity contribution in [3.05, 3.63) is 79.4 Å². The summed E-state index contributed by atoms with van der Waals surface area (Å²) in [5.41, 5.74) is 1.52. The Labute approximate surface area is 174 Å². The van der Waals surface area contributed by atoms with Gasteiger partial charge in [0, 0.05) is 22.6 Å². The van der Waals surface area contributed by atoms with Gasteiger partial charge in [0.2, 0.25) is 0 Å². The van der Waals surface area contributed by atoms with Crippen LogP contribution in [0.2, 0.25) is 0 Å². The molecule has 4 aromatic rings. The largest absolute Gasteiger partial charge is 0.455 e. The van der Waals surface area contributed by atoms with Gasteiger partial charge in [-0.2, -0.15) is 9.78 Å². The molecule has 0 aliphatic heterocycles. The summed E-state index contributed by atoms with van der Waals surface area (Å²) in [6.07, 6.45) is 7.01. The number of nitro groups is 1. The monoisotopic (exact) mass is 420 g/mol. The van der Waals surface area contributed by atoms with Crippen LogP contribution in [0.4, 0.5) is 5.69 Å². The minimum absolute atomic E-state index is 0.0101. The van der Waals surface area contributed by atoms with Crippen molar-refractivity contribution in [2.24, 2.45) is 5.10 Å². The number of aromatic nitrogens is 2. The molecule has 0 fully saturated rings. The summed E-state index contributed by atoms with van der Waals surface area (Å²) in [5, 5.41) is 15.9. The van der Waals surface area contributed by atoms with E-state index < -0.39 is 4.92 Å². The lowest BCUT2D eigenvalue weighted by atomic mass is 9.97. The Morgan fingerprint density at radius 3 is 2.97 bits per heavy atom. The average molecular weight is 420 g/mol. The van der Waals surface area contributed by atoms with Crippen LogP contribution in [-0.4, -0.2) is 20.8 Å². The molecule has 150 valence electrons. The van der Waals surface area contributed by atoms with E-state index in [1.165, 1.54) is 34.2 Å². The minimum Gasteiger partial charge on any atom is -0.455 e. The first kappa shape index (κ1) is 18.4. The van der Waals surface area contributed by atoms with E-state index in [0.29, 0.717) is 22.5 Å². The highest BCUT2D eigenvalue weighted by molar-refractivity contribution is 7.18. The molecule has 0 N–H and O–H groups in total. The molecule has 0 saturated heterocycles. The van der Waals surface area contributed by atoms with Crippen LogP contribution in [0, 0.1) is 10.1 Å². The topological polar surface area (TPSA) is 104 Å². The van der Waals surface area contributed by atoms with E-state index in [4.69, 9.17) is 4.42 Å². The van der Waals surface area contributed by atoms with Crippen LogP contribution in [0.25, 0.3) is 21.5 Å². The van der Waals surface area contributed by atoms with Crippen LogP contribution < -0.4 is 5.56 Å². The first-order valence-corrected chi connectivity index (χ1v) is 10.3. The Kier molecular flexibility index (Phi) is 4.51. The van der Waals surface area contributed by atoms with Gasteiger partial charge in [-0.25, -0.2) is 4.98 Å². The molecule has 30 heavy (non-hydrogen) atoms. The van der Waals surface area contributed by atoms with Crippen LogP contribution in [0.15, 0.2) is 57.0 Å². The molecule has 1 aliphatic carbocycles. The molecule has 1 aliphatic rings. The van der Waals surface area contributed by atoms with Crippen LogP contribution in [-0.2, 0) is 12.8 Å². The maximum absolute atomic E-state index is 12.9. The van der Waals surface area contributed by atoms with E-state index in [0.717, 1.165) is 36.1 Å². The van der Waals surface area contributed by atoms with E-state index in [-0.39, 0.29) is 11.2 Å². The van der Waals surface area contributed by atoms with E-state index >= 15 is 0 Å². The van der Waals surface area contributed by atoms with Crippen LogP contribution in [0.1, 0.15) is 29.0 Å². The smallest absolute Gasteiger partial charge is 0.282 e. The van der Waals surface area contributed by atoms with Crippen molar-refractivity contribution in [3.8, 4) is 11.3 Å². The molecule has 0 bridgehead atoms. The molecule has 0 saturated carbocycles. The van der Waals surface area contributed by atoms with Gasteiger partial charge in [-0.3, -0.25) is 14.9 Å². The van der Waals surface area contributed by atoms with Gasteiger partial charge >= 0.3 is 0 Å². The summed E-state index contributed by atoms with van der Waals surface area (Å²) in [5.74, 6) is 0.906. The molecule has 1 aromatic carbocycles. The van der Waals surface area contributed by atoms with Crippen molar-refractivity contribution in [1.29, 1.82) is 0 Å². The average Bonchev–Trinajstić information content (AvgIpc) is 3.38. The van der Waals surface area contributed by atoms with E-state index in [1.807, 2.05) is 0 Å². The Morgan fingerprint density at radius 1 is 1.23 bits per heavy atom. The third kappa shape index (κ3) is 3.22. The second-order valence-corrected chi connectivity index (χ2v) is 8.12. The predicted octanol–water partition coefficient (Wildman–Crippen LogP) is 4.39. The molecule has 3 aromatic heterocycles. The fraction of sp³-hybridized carbons (Fsp3) is 0.190. The molecule has 0 amide bonds. The van der Waals surface area contributed by atoms with Crippen molar-refractivity contribution >= 4 is 33.5 Å². The van der Waals surface area contributed by atoms with Gasteiger partial charge in [0.25, 0.3) is 11.2 Å². The molecule has 3 heterocycles. The van der Waals surface area contributed by atoms with Gasteiger partial charge in [-0.05, 0) is 43.4 Å². The number of nitro benzene ring substituents is 1. The molecular weight excluding hydrogens is 404 g/mol. The maximum atomic E-state index is 12.9. The van der Waals surface area contributed by atoms with Crippen molar-refractivity contribution in [1.82, 2.24) is 9.66 Å². The van der Waals surface area contributed by atoms with E-state index in [1.54, 1.807) is 35.6 Å². The maximum Gasteiger partial charge on any atom is 0.282 e. The van der Waals surface area contributed by atoms with Crippen molar-refractivity contribution in [2.75, 3.05) is 0 Å². The number of nitrogens with zero attached hydrogens (tertiary/aromatic N) is 4. The molecule has 5 rings (SSSR count). The first-order valence-electron chi connectivity index (χ1n) is 9.51. The van der Waals surface area contributed by atoms with Crippen LogP contribution in [0.5, 0.6) is 0 Å². The Balaban J connectivity index is 1.46. The highest BCUT2D eigenvalue weighted by atomic mass is 32.1. The summed E-state index contributed by atoms with van der Waals surface area (Å²) in [4.78, 5) is 29.9. The highest BCUT2D eigenvalue weighted by Gasteiger charge is 2.19. The third-order valence-corrected chi connectivity index (χ3v) is 6.34. The number of hydrogen-bond donors (Lipinski definition) is 0.